The van der Waals surface area contributed by atoms with Crippen LogP contribution in [0.3, 0.4) is 0 Å². The third-order valence-corrected chi connectivity index (χ3v) is 5.93. The second kappa shape index (κ2) is 7.83. The molecule has 156 valence electrons. The molecule has 2 aromatic heterocycles. The zero-order valence-electron chi connectivity index (χ0n) is 16.5. The van der Waals surface area contributed by atoms with Gasteiger partial charge in [-0.25, -0.2) is 23.7 Å². The van der Waals surface area contributed by atoms with Crippen LogP contribution in [0.1, 0.15) is 54.9 Å². The largest absolute Gasteiger partial charge is 0.289 e. The number of nitrogens with zero attached hydrogens (tertiary/aromatic N) is 5. The summed E-state index contributed by atoms with van der Waals surface area (Å²) in [6.45, 7) is 0.773. The van der Waals surface area contributed by atoms with Gasteiger partial charge in [-0.3, -0.25) is 14.3 Å². The average Bonchev–Trinajstić information content (AvgIpc) is 3.50. The van der Waals surface area contributed by atoms with Crippen LogP contribution in [0.5, 0.6) is 0 Å². The van der Waals surface area contributed by atoms with Crippen molar-refractivity contribution >= 4 is 10.9 Å². The van der Waals surface area contributed by atoms with E-state index in [2.05, 4.69) is 19.9 Å². The molecule has 1 unspecified atom stereocenters. The minimum absolute atomic E-state index is 0.191. The topological polar surface area (TPSA) is 63.9 Å². The maximum atomic E-state index is 13.3. The van der Waals surface area contributed by atoms with Gasteiger partial charge in [-0.2, -0.15) is 0 Å². The van der Waals surface area contributed by atoms with Gasteiger partial charge in [0.05, 0.1) is 23.5 Å². The Labute approximate surface area is 172 Å². The molecule has 1 saturated carbocycles. The molecule has 1 atom stereocenters. The average molecular weight is 411 g/mol. The van der Waals surface area contributed by atoms with Gasteiger partial charge in [0.25, 0.3) is 12.0 Å². The van der Waals surface area contributed by atoms with E-state index in [0.717, 1.165) is 43.6 Å². The van der Waals surface area contributed by atoms with E-state index in [4.69, 9.17) is 0 Å². The van der Waals surface area contributed by atoms with E-state index in [1.54, 1.807) is 24.3 Å². The zero-order valence-corrected chi connectivity index (χ0v) is 16.5. The van der Waals surface area contributed by atoms with E-state index < -0.39 is 18.5 Å². The lowest BCUT2D eigenvalue weighted by molar-refractivity contribution is 0.120. The highest BCUT2D eigenvalue weighted by atomic mass is 19.3. The quantitative estimate of drug-likeness (QED) is 0.619. The first-order valence-electron chi connectivity index (χ1n) is 10.4. The number of hydrogen-bond donors (Lipinski definition) is 0. The van der Waals surface area contributed by atoms with Gasteiger partial charge in [0.15, 0.2) is 0 Å². The van der Waals surface area contributed by atoms with E-state index in [1.165, 1.54) is 4.57 Å². The normalized spacial score (nSPS) is 19.8. The number of para-hydroxylation sites is 1. The highest BCUT2D eigenvalue weighted by molar-refractivity contribution is 5.77. The molecule has 2 fully saturated rings. The van der Waals surface area contributed by atoms with Crippen LogP contribution in [0.2, 0.25) is 0 Å². The molecule has 0 N–H and O–H groups in total. The first kappa shape index (κ1) is 19.2. The van der Waals surface area contributed by atoms with Gasteiger partial charge in [0.2, 0.25) is 0 Å². The first-order chi connectivity index (χ1) is 14.6. The van der Waals surface area contributed by atoms with Crippen LogP contribution >= 0.6 is 0 Å². The smallest absolute Gasteiger partial charge is 0.261 e. The Morgan fingerprint density at radius 1 is 1.10 bits per heavy atom. The fourth-order valence-corrected chi connectivity index (χ4v) is 4.30. The number of fused-ring (bicyclic) bond motifs is 1. The zero-order chi connectivity index (χ0) is 20.7. The lowest BCUT2D eigenvalue weighted by Crippen LogP contribution is -2.33. The highest BCUT2D eigenvalue weighted by Crippen LogP contribution is 2.38. The molecule has 0 spiro atoms. The Morgan fingerprint density at radius 3 is 2.60 bits per heavy atom. The summed E-state index contributed by atoms with van der Waals surface area (Å²) < 4.78 is 27.8. The van der Waals surface area contributed by atoms with Gasteiger partial charge >= 0.3 is 0 Å². The number of halogens is 2. The molecule has 3 heterocycles. The summed E-state index contributed by atoms with van der Waals surface area (Å²) in [6.07, 6.45) is 5.10. The first-order valence-corrected chi connectivity index (χ1v) is 10.4. The van der Waals surface area contributed by atoms with Crippen LogP contribution in [0.25, 0.3) is 10.9 Å². The molecule has 2 aliphatic rings. The Morgan fingerprint density at radius 2 is 1.87 bits per heavy atom. The van der Waals surface area contributed by atoms with Crippen LogP contribution in [0.4, 0.5) is 8.78 Å². The predicted octanol–water partition coefficient (Wildman–Crippen LogP) is 3.67. The SMILES string of the molecule is O=c1c2ccccc2nc(C2CCCN2Cc2cnc(C3CC3)nc2)n1CC(F)F. The maximum absolute atomic E-state index is 13.3. The Balaban J connectivity index is 1.48. The van der Waals surface area contributed by atoms with E-state index >= 15 is 0 Å². The van der Waals surface area contributed by atoms with Crippen molar-refractivity contribution in [3.8, 4) is 0 Å². The number of alkyl halides is 2. The van der Waals surface area contributed by atoms with Crippen molar-refractivity contribution in [2.45, 2.75) is 57.2 Å². The third-order valence-electron chi connectivity index (χ3n) is 5.93. The molecule has 0 bridgehead atoms. The maximum Gasteiger partial charge on any atom is 0.261 e. The standard InChI is InChI=1S/C22H23F2N5O/c23-19(24)13-29-21(27-17-5-2-1-4-16(17)22(29)30)18-6-3-9-28(18)12-14-10-25-20(26-11-14)15-7-8-15/h1-2,4-5,10-11,15,18-19H,3,6-9,12-13H2. The molecule has 6 nitrogen and oxygen atoms in total. The summed E-state index contributed by atoms with van der Waals surface area (Å²) >= 11 is 0. The molecular formula is C22H23F2N5O. The molecule has 1 aliphatic carbocycles. The Bertz CT molecular complexity index is 1110. The van der Waals surface area contributed by atoms with Crippen molar-refractivity contribution in [1.82, 2.24) is 24.4 Å². The van der Waals surface area contributed by atoms with Crippen molar-refractivity contribution in [2.24, 2.45) is 0 Å². The minimum atomic E-state index is -2.62. The van der Waals surface area contributed by atoms with Crippen LogP contribution in [0, 0.1) is 0 Å². The minimum Gasteiger partial charge on any atom is -0.289 e. The summed E-state index contributed by atoms with van der Waals surface area (Å²) in [5.74, 6) is 1.83. The van der Waals surface area contributed by atoms with Gasteiger partial charge in [-0.05, 0) is 44.4 Å². The van der Waals surface area contributed by atoms with E-state index in [9.17, 15) is 13.6 Å². The van der Waals surface area contributed by atoms with Gasteiger partial charge in [0, 0.05) is 30.4 Å². The number of aromatic nitrogens is 4. The molecule has 8 heteroatoms. The lowest BCUT2D eigenvalue weighted by atomic mass is 10.1. The van der Waals surface area contributed by atoms with E-state index in [-0.39, 0.29) is 6.04 Å². The number of hydrogen-bond acceptors (Lipinski definition) is 5. The van der Waals surface area contributed by atoms with E-state index in [1.807, 2.05) is 12.4 Å². The van der Waals surface area contributed by atoms with Gasteiger partial charge in [-0.15, -0.1) is 0 Å². The van der Waals surface area contributed by atoms with Crippen molar-refractivity contribution in [3.63, 3.8) is 0 Å². The van der Waals surface area contributed by atoms with Crippen LogP contribution < -0.4 is 5.56 Å². The summed E-state index contributed by atoms with van der Waals surface area (Å²) in [5.41, 5.74) is 1.13. The summed E-state index contributed by atoms with van der Waals surface area (Å²) in [5, 5.41) is 0.371. The molecule has 0 radical (unpaired) electrons. The van der Waals surface area contributed by atoms with E-state index in [0.29, 0.717) is 29.2 Å². The van der Waals surface area contributed by atoms with Crippen LogP contribution in [0.15, 0.2) is 41.5 Å². The summed E-state index contributed by atoms with van der Waals surface area (Å²) in [4.78, 5) is 28.8. The monoisotopic (exact) mass is 411 g/mol. The summed E-state index contributed by atoms with van der Waals surface area (Å²) in [6, 6.07) is 6.74. The number of rotatable bonds is 6. The molecule has 1 aromatic carbocycles. The van der Waals surface area contributed by atoms with Crippen molar-refractivity contribution < 1.29 is 8.78 Å². The third kappa shape index (κ3) is 3.71. The molecule has 5 rings (SSSR count). The Kier molecular flexibility index (Phi) is 5.02. The van der Waals surface area contributed by atoms with Crippen molar-refractivity contribution in [1.29, 1.82) is 0 Å². The van der Waals surface area contributed by atoms with Gasteiger partial charge < -0.3 is 0 Å². The molecular weight excluding hydrogens is 388 g/mol. The second-order valence-electron chi connectivity index (χ2n) is 8.15. The van der Waals surface area contributed by atoms with Crippen LogP contribution in [-0.4, -0.2) is 37.4 Å². The number of likely N-dealkylation sites (tertiary alicyclic amines) is 1. The fourth-order valence-electron chi connectivity index (χ4n) is 4.30. The van der Waals surface area contributed by atoms with Crippen LogP contribution in [-0.2, 0) is 13.1 Å². The van der Waals surface area contributed by atoms with Crippen molar-refractivity contribution in [2.75, 3.05) is 6.54 Å². The molecule has 0 amide bonds. The predicted molar refractivity (Wildman–Crippen MR) is 108 cm³/mol. The second-order valence-corrected chi connectivity index (χ2v) is 8.15. The Hall–Kier alpha value is -2.74. The van der Waals surface area contributed by atoms with Gasteiger partial charge in [0.1, 0.15) is 11.6 Å². The fraction of sp³-hybridized carbons (Fsp3) is 0.455. The lowest BCUT2D eigenvalue weighted by Gasteiger charge is -2.26. The molecule has 3 aromatic rings. The number of benzene rings is 1. The molecule has 1 aliphatic heterocycles. The molecule has 1 saturated heterocycles. The summed E-state index contributed by atoms with van der Waals surface area (Å²) in [7, 11) is 0. The van der Waals surface area contributed by atoms with Crippen molar-refractivity contribution in [3.05, 3.63) is 64.2 Å². The van der Waals surface area contributed by atoms with Gasteiger partial charge in [-0.1, -0.05) is 12.1 Å². The molecule has 30 heavy (non-hydrogen) atoms. The highest BCUT2D eigenvalue weighted by Gasteiger charge is 2.31.